The van der Waals surface area contributed by atoms with Crippen LogP contribution in [0.25, 0.3) is 21.8 Å². The zero-order valence-electron chi connectivity index (χ0n) is 23.7. The molecule has 2 aromatic heterocycles. The van der Waals surface area contributed by atoms with Gasteiger partial charge in [0, 0.05) is 70.5 Å². The van der Waals surface area contributed by atoms with Gasteiger partial charge in [0.05, 0.1) is 0 Å². The first-order chi connectivity index (χ1) is 18.4. The van der Waals surface area contributed by atoms with Crippen LogP contribution in [0, 0.1) is 25.5 Å². The zero-order chi connectivity index (χ0) is 30.4. The second-order valence-electron chi connectivity index (χ2n) is 11.2. The SMILES string of the molecule is Cc1cn(CC(C)(C)N)c2ccc(F)cc12.Cc1cn(CC(C)(C)N)c2ccc(F)cc12.O=C(O)/C=C/C(=O)O. The lowest BCUT2D eigenvalue weighted by Gasteiger charge is -2.20. The van der Waals surface area contributed by atoms with E-state index in [1.807, 2.05) is 66.1 Å². The lowest BCUT2D eigenvalue weighted by atomic mass is 10.1. The fraction of sp³-hybridized carbons (Fsp3) is 0.333. The number of hydrogen-bond acceptors (Lipinski definition) is 4. The van der Waals surface area contributed by atoms with Crippen LogP contribution in [-0.4, -0.2) is 42.4 Å². The van der Waals surface area contributed by atoms with Crippen LogP contribution < -0.4 is 11.5 Å². The molecule has 0 bridgehead atoms. The molecule has 4 aromatic rings. The molecule has 0 fully saturated rings. The van der Waals surface area contributed by atoms with E-state index in [1.165, 1.54) is 12.1 Å². The van der Waals surface area contributed by atoms with Gasteiger partial charge in [-0.1, -0.05) is 0 Å². The standard InChI is InChI=1S/2C13H17FN2.C4H4O4/c2*1-9-7-16(8-13(2,3)15)12-5-4-10(14)6-11(9)12;5-3(6)1-2-4(7)8/h2*4-7H,8,15H2,1-3H3;1-2H,(H,5,6)(H,7,8)/b;;2-1+. The van der Waals surface area contributed by atoms with Crippen molar-refractivity contribution in [1.29, 1.82) is 0 Å². The maximum Gasteiger partial charge on any atom is 0.328 e. The van der Waals surface area contributed by atoms with Gasteiger partial charge < -0.3 is 30.8 Å². The van der Waals surface area contributed by atoms with Crippen molar-refractivity contribution in [3.8, 4) is 0 Å². The molecular weight excluding hydrogens is 518 g/mol. The molecule has 0 radical (unpaired) electrons. The van der Waals surface area contributed by atoms with Gasteiger partial charge in [-0.15, -0.1) is 0 Å². The number of carboxylic acid groups (broad SMARTS) is 2. The van der Waals surface area contributed by atoms with Crippen molar-refractivity contribution in [2.45, 2.75) is 65.7 Å². The van der Waals surface area contributed by atoms with E-state index in [0.717, 1.165) is 46.0 Å². The molecule has 0 saturated carbocycles. The highest BCUT2D eigenvalue weighted by Crippen LogP contribution is 2.24. The predicted molar refractivity (Wildman–Crippen MR) is 154 cm³/mol. The fourth-order valence-electron chi connectivity index (χ4n) is 4.18. The number of fused-ring (bicyclic) bond motifs is 2. The van der Waals surface area contributed by atoms with E-state index in [1.54, 1.807) is 12.1 Å². The first-order valence-electron chi connectivity index (χ1n) is 12.6. The average molecular weight is 557 g/mol. The van der Waals surface area contributed by atoms with E-state index in [2.05, 4.69) is 9.13 Å². The summed E-state index contributed by atoms with van der Waals surface area (Å²) in [5.74, 6) is -2.90. The molecule has 0 aliphatic heterocycles. The highest BCUT2D eigenvalue weighted by molar-refractivity contribution is 5.89. The summed E-state index contributed by atoms with van der Waals surface area (Å²) in [6.45, 7) is 13.4. The highest BCUT2D eigenvalue weighted by Gasteiger charge is 2.15. The van der Waals surface area contributed by atoms with Crippen LogP contribution in [0.5, 0.6) is 0 Å². The number of aromatic nitrogens is 2. The third-order valence-electron chi connectivity index (χ3n) is 5.61. The van der Waals surface area contributed by atoms with E-state index in [4.69, 9.17) is 21.7 Å². The number of aliphatic carboxylic acids is 2. The molecule has 216 valence electrons. The normalized spacial score (nSPS) is 11.8. The minimum absolute atomic E-state index is 0.194. The number of benzene rings is 2. The van der Waals surface area contributed by atoms with Crippen molar-refractivity contribution >= 4 is 33.7 Å². The molecule has 2 heterocycles. The van der Waals surface area contributed by atoms with Crippen LogP contribution in [0.4, 0.5) is 8.78 Å². The molecule has 4 rings (SSSR count). The number of nitrogens with two attached hydrogens (primary N) is 2. The second kappa shape index (κ2) is 12.9. The van der Waals surface area contributed by atoms with Crippen molar-refractivity contribution in [3.63, 3.8) is 0 Å². The lowest BCUT2D eigenvalue weighted by molar-refractivity contribution is -0.134. The summed E-state index contributed by atoms with van der Waals surface area (Å²) in [6, 6.07) is 9.74. The van der Waals surface area contributed by atoms with Gasteiger partial charge in [-0.05, 0) is 89.1 Å². The number of carbonyl (C=O) groups is 2. The second-order valence-corrected chi connectivity index (χ2v) is 11.2. The van der Waals surface area contributed by atoms with Crippen molar-refractivity contribution in [1.82, 2.24) is 9.13 Å². The largest absolute Gasteiger partial charge is 0.478 e. The van der Waals surface area contributed by atoms with Crippen molar-refractivity contribution in [2.24, 2.45) is 11.5 Å². The Labute approximate surface area is 232 Å². The van der Waals surface area contributed by atoms with E-state index in [-0.39, 0.29) is 22.7 Å². The fourth-order valence-corrected chi connectivity index (χ4v) is 4.18. The molecule has 2 aromatic carbocycles. The molecule has 0 atom stereocenters. The van der Waals surface area contributed by atoms with Gasteiger partial charge in [-0.3, -0.25) is 0 Å². The first-order valence-corrected chi connectivity index (χ1v) is 12.6. The Balaban J connectivity index is 0.000000224. The Bertz CT molecular complexity index is 1410. The van der Waals surface area contributed by atoms with Gasteiger partial charge in [0.2, 0.25) is 0 Å². The molecule has 8 nitrogen and oxygen atoms in total. The number of halogens is 2. The number of hydrogen-bond donors (Lipinski definition) is 4. The van der Waals surface area contributed by atoms with E-state index >= 15 is 0 Å². The van der Waals surface area contributed by atoms with Crippen LogP contribution in [0.3, 0.4) is 0 Å². The Hall–Kier alpha value is -4.02. The third kappa shape index (κ3) is 9.94. The van der Waals surface area contributed by atoms with Crippen LogP contribution in [0.15, 0.2) is 60.9 Å². The Morgan fingerprint density at radius 2 is 1.07 bits per heavy atom. The van der Waals surface area contributed by atoms with Gasteiger partial charge in [0.1, 0.15) is 11.6 Å². The van der Waals surface area contributed by atoms with Gasteiger partial charge >= 0.3 is 11.9 Å². The Morgan fingerprint density at radius 3 is 1.35 bits per heavy atom. The zero-order valence-corrected chi connectivity index (χ0v) is 23.7. The summed E-state index contributed by atoms with van der Waals surface area (Å²) in [7, 11) is 0. The molecular formula is C30H38F2N4O4. The predicted octanol–water partition coefficient (Wildman–Crippen LogP) is 5.36. The van der Waals surface area contributed by atoms with Gasteiger partial charge in [0.15, 0.2) is 0 Å². The molecule has 0 aliphatic rings. The quantitative estimate of drug-likeness (QED) is 0.236. The van der Waals surface area contributed by atoms with Crippen molar-refractivity contribution in [3.05, 3.63) is 83.7 Å². The highest BCUT2D eigenvalue weighted by atomic mass is 19.1. The smallest absolute Gasteiger partial charge is 0.328 e. The van der Waals surface area contributed by atoms with E-state index in [0.29, 0.717) is 12.2 Å². The third-order valence-corrected chi connectivity index (χ3v) is 5.61. The minimum atomic E-state index is -1.26. The molecule has 0 saturated heterocycles. The number of aryl methyl sites for hydroxylation is 2. The maximum atomic E-state index is 13.1. The van der Waals surface area contributed by atoms with Crippen LogP contribution in [0.1, 0.15) is 38.8 Å². The maximum absolute atomic E-state index is 13.1. The summed E-state index contributed by atoms with van der Waals surface area (Å²) >= 11 is 0. The molecule has 0 spiro atoms. The van der Waals surface area contributed by atoms with Gasteiger partial charge in [-0.25, -0.2) is 18.4 Å². The van der Waals surface area contributed by atoms with Crippen LogP contribution in [0.2, 0.25) is 0 Å². The minimum Gasteiger partial charge on any atom is -0.478 e. The Kier molecular flexibility index (Phi) is 10.4. The van der Waals surface area contributed by atoms with Crippen molar-refractivity contribution in [2.75, 3.05) is 0 Å². The summed E-state index contributed by atoms with van der Waals surface area (Å²) in [5.41, 5.74) is 15.7. The van der Waals surface area contributed by atoms with Gasteiger partial charge in [-0.2, -0.15) is 0 Å². The molecule has 0 amide bonds. The molecule has 0 aliphatic carbocycles. The number of rotatable bonds is 6. The summed E-state index contributed by atoms with van der Waals surface area (Å²) in [6.07, 6.45) is 5.17. The molecule has 10 heteroatoms. The lowest BCUT2D eigenvalue weighted by Crippen LogP contribution is -2.36. The molecule has 6 N–H and O–H groups in total. The number of carboxylic acids is 2. The first kappa shape index (κ1) is 32.2. The summed E-state index contributed by atoms with van der Waals surface area (Å²) < 4.78 is 30.4. The summed E-state index contributed by atoms with van der Waals surface area (Å²) in [4.78, 5) is 19.1. The average Bonchev–Trinajstić information content (AvgIpc) is 3.26. The van der Waals surface area contributed by atoms with Crippen LogP contribution in [-0.2, 0) is 22.7 Å². The van der Waals surface area contributed by atoms with Crippen molar-refractivity contribution < 1.29 is 28.6 Å². The molecule has 0 unspecified atom stereocenters. The number of nitrogens with zero attached hydrogens (tertiary/aromatic N) is 2. The van der Waals surface area contributed by atoms with Gasteiger partial charge in [0.25, 0.3) is 0 Å². The Morgan fingerprint density at radius 1 is 0.750 bits per heavy atom. The topological polar surface area (TPSA) is 136 Å². The molecule has 40 heavy (non-hydrogen) atoms. The van der Waals surface area contributed by atoms with E-state index in [9.17, 15) is 18.4 Å². The van der Waals surface area contributed by atoms with E-state index < -0.39 is 11.9 Å². The monoisotopic (exact) mass is 556 g/mol. The summed E-state index contributed by atoms with van der Waals surface area (Å²) in [5, 5.41) is 17.5. The van der Waals surface area contributed by atoms with Crippen LogP contribution >= 0.6 is 0 Å².